The lowest BCUT2D eigenvalue weighted by Gasteiger charge is -2.20. The summed E-state index contributed by atoms with van der Waals surface area (Å²) in [4.78, 5) is 15.9. The molecule has 2 N–H and O–H groups in total. The minimum atomic E-state index is 0.109. The maximum Gasteiger partial charge on any atom is 0.234 e. The van der Waals surface area contributed by atoms with Gasteiger partial charge in [-0.25, -0.2) is 0 Å². The van der Waals surface area contributed by atoms with E-state index in [0.717, 1.165) is 39.1 Å². The lowest BCUT2D eigenvalue weighted by molar-refractivity contribution is -0.122. The minimum Gasteiger partial charge on any atom is -0.395 e. The predicted octanol–water partition coefficient (Wildman–Crippen LogP) is -0.877. The molecule has 94 valence electrons. The number of hydrogen-bond acceptors (Lipinski definition) is 4. The maximum atomic E-state index is 11.4. The van der Waals surface area contributed by atoms with E-state index in [0.29, 0.717) is 13.1 Å². The predicted molar refractivity (Wildman–Crippen MR) is 63.3 cm³/mol. The number of aliphatic hydroxyl groups is 1. The Bertz CT molecular complexity index is 211. The molecule has 0 bridgehead atoms. The van der Waals surface area contributed by atoms with Crippen LogP contribution in [-0.2, 0) is 4.79 Å². The Kier molecular flexibility index (Phi) is 6.37. The van der Waals surface area contributed by atoms with Crippen LogP contribution in [-0.4, -0.2) is 73.2 Å². The highest BCUT2D eigenvalue weighted by atomic mass is 16.3. The molecule has 1 saturated heterocycles. The summed E-state index contributed by atoms with van der Waals surface area (Å²) in [6, 6.07) is 0. The number of amides is 1. The van der Waals surface area contributed by atoms with Crippen molar-refractivity contribution in [3.05, 3.63) is 0 Å². The number of nitrogens with zero attached hydrogens (tertiary/aromatic N) is 2. The summed E-state index contributed by atoms with van der Waals surface area (Å²) >= 11 is 0. The smallest absolute Gasteiger partial charge is 0.234 e. The van der Waals surface area contributed by atoms with Crippen LogP contribution in [0.25, 0.3) is 0 Å². The fraction of sp³-hybridized carbons (Fsp3) is 0.909. The summed E-state index contributed by atoms with van der Waals surface area (Å²) in [7, 11) is 0. The lowest BCUT2D eigenvalue weighted by atomic mass is 10.3. The van der Waals surface area contributed by atoms with Gasteiger partial charge in [0.25, 0.3) is 0 Å². The Morgan fingerprint density at radius 2 is 1.94 bits per heavy atom. The van der Waals surface area contributed by atoms with Gasteiger partial charge in [0.15, 0.2) is 0 Å². The molecule has 0 radical (unpaired) electrons. The second-order valence-corrected chi connectivity index (χ2v) is 4.15. The van der Waals surface area contributed by atoms with E-state index in [9.17, 15) is 4.79 Å². The molecule has 1 aliphatic rings. The second kappa shape index (κ2) is 7.60. The first-order valence-corrected chi connectivity index (χ1v) is 6.08. The quantitative estimate of drug-likeness (QED) is 0.643. The van der Waals surface area contributed by atoms with Crippen LogP contribution in [0.4, 0.5) is 0 Å². The molecule has 5 nitrogen and oxygen atoms in total. The summed E-state index contributed by atoms with van der Waals surface area (Å²) in [5.74, 6) is 0.109. The Morgan fingerprint density at radius 1 is 1.25 bits per heavy atom. The van der Waals surface area contributed by atoms with Crippen molar-refractivity contribution in [1.29, 1.82) is 0 Å². The SMILES string of the molecule is CCNC(=O)CN1CCCN(CCO)CC1. The van der Waals surface area contributed by atoms with Gasteiger partial charge in [0.1, 0.15) is 0 Å². The summed E-state index contributed by atoms with van der Waals surface area (Å²) in [5.41, 5.74) is 0. The molecular weight excluding hydrogens is 206 g/mol. The molecule has 0 aromatic heterocycles. The average Bonchev–Trinajstić information content (AvgIpc) is 2.45. The molecule has 1 rings (SSSR count). The van der Waals surface area contributed by atoms with Gasteiger partial charge in [-0.2, -0.15) is 0 Å². The van der Waals surface area contributed by atoms with Crippen LogP contribution in [0.15, 0.2) is 0 Å². The van der Waals surface area contributed by atoms with Gasteiger partial charge in [-0.15, -0.1) is 0 Å². The minimum absolute atomic E-state index is 0.109. The number of β-amino-alcohol motifs (C(OH)–C–C–N with tert-alkyl or cyclic N) is 1. The molecule has 1 heterocycles. The van der Waals surface area contributed by atoms with Crippen molar-refractivity contribution in [2.75, 3.05) is 52.4 Å². The number of carbonyl (C=O) groups is 1. The molecule has 1 aliphatic heterocycles. The highest BCUT2D eigenvalue weighted by Crippen LogP contribution is 2.02. The van der Waals surface area contributed by atoms with Crippen LogP contribution >= 0.6 is 0 Å². The average molecular weight is 229 g/mol. The zero-order valence-electron chi connectivity index (χ0n) is 10.1. The number of likely N-dealkylation sites (N-methyl/N-ethyl adjacent to an activating group) is 1. The summed E-state index contributed by atoms with van der Waals surface area (Å²) in [5, 5.41) is 11.7. The first-order valence-electron chi connectivity index (χ1n) is 6.08. The molecular formula is C11H23N3O2. The van der Waals surface area contributed by atoms with Gasteiger partial charge in [0.2, 0.25) is 5.91 Å². The number of nitrogens with one attached hydrogen (secondary N) is 1. The molecule has 0 saturated carbocycles. The third-order valence-electron chi connectivity index (χ3n) is 2.84. The number of hydrogen-bond donors (Lipinski definition) is 2. The molecule has 0 aliphatic carbocycles. The van der Waals surface area contributed by atoms with Crippen molar-refractivity contribution in [3.63, 3.8) is 0 Å². The highest BCUT2D eigenvalue weighted by molar-refractivity contribution is 5.77. The van der Waals surface area contributed by atoms with Crippen LogP contribution < -0.4 is 5.32 Å². The topological polar surface area (TPSA) is 55.8 Å². The maximum absolute atomic E-state index is 11.4. The first kappa shape index (κ1) is 13.4. The fourth-order valence-corrected chi connectivity index (χ4v) is 2.00. The van der Waals surface area contributed by atoms with Gasteiger partial charge in [-0.3, -0.25) is 14.6 Å². The normalized spacial score (nSPS) is 19.4. The van der Waals surface area contributed by atoms with Crippen LogP contribution in [0.2, 0.25) is 0 Å². The van der Waals surface area contributed by atoms with Crippen molar-refractivity contribution in [2.45, 2.75) is 13.3 Å². The van der Waals surface area contributed by atoms with Gasteiger partial charge in [-0.05, 0) is 26.4 Å². The van der Waals surface area contributed by atoms with Crippen LogP contribution in [0, 0.1) is 0 Å². The monoisotopic (exact) mass is 229 g/mol. The van der Waals surface area contributed by atoms with E-state index in [4.69, 9.17) is 5.11 Å². The standard InChI is InChI=1S/C11H23N3O2/c1-2-12-11(16)10-14-5-3-4-13(6-7-14)8-9-15/h15H,2-10H2,1H3,(H,12,16). The van der Waals surface area contributed by atoms with Crippen LogP contribution in [0.3, 0.4) is 0 Å². The number of carbonyl (C=O) groups excluding carboxylic acids is 1. The van der Waals surface area contributed by atoms with E-state index in [2.05, 4.69) is 15.1 Å². The summed E-state index contributed by atoms with van der Waals surface area (Å²) in [6.07, 6.45) is 1.07. The summed E-state index contributed by atoms with van der Waals surface area (Å²) in [6.45, 7) is 7.95. The lowest BCUT2D eigenvalue weighted by Crippen LogP contribution is -2.39. The molecule has 16 heavy (non-hydrogen) atoms. The van der Waals surface area contributed by atoms with Crippen LogP contribution in [0.1, 0.15) is 13.3 Å². The van der Waals surface area contributed by atoms with E-state index in [1.54, 1.807) is 0 Å². The second-order valence-electron chi connectivity index (χ2n) is 4.15. The van der Waals surface area contributed by atoms with E-state index < -0.39 is 0 Å². The Hall–Kier alpha value is -0.650. The first-order chi connectivity index (χ1) is 7.76. The molecule has 1 fully saturated rings. The van der Waals surface area contributed by atoms with Crippen molar-refractivity contribution in [3.8, 4) is 0 Å². The highest BCUT2D eigenvalue weighted by Gasteiger charge is 2.15. The van der Waals surface area contributed by atoms with Crippen molar-refractivity contribution >= 4 is 5.91 Å². The van der Waals surface area contributed by atoms with Crippen molar-refractivity contribution in [1.82, 2.24) is 15.1 Å². The molecule has 0 unspecified atom stereocenters. The molecule has 0 spiro atoms. The van der Waals surface area contributed by atoms with E-state index in [1.165, 1.54) is 0 Å². The molecule has 1 amide bonds. The van der Waals surface area contributed by atoms with Gasteiger partial charge in [0.05, 0.1) is 13.2 Å². The Morgan fingerprint density at radius 3 is 2.62 bits per heavy atom. The van der Waals surface area contributed by atoms with Crippen LogP contribution in [0.5, 0.6) is 0 Å². The van der Waals surface area contributed by atoms with E-state index in [1.807, 2.05) is 6.92 Å². The van der Waals surface area contributed by atoms with Crippen molar-refractivity contribution < 1.29 is 9.90 Å². The van der Waals surface area contributed by atoms with Gasteiger partial charge < -0.3 is 10.4 Å². The van der Waals surface area contributed by atoms with Gasteiger partial charge >= 0.3 is 0 Å². The molecule has 0 aromatic carbocycles. The zero-order chi connectivity index (χ0) is 11.8. The fourth-order valence-electron chi connectivity index (χ4n) is 2.00. The van der Waals surface area contributed by atoms with Gasteiger partial charge in [0, 0.05) is 26.2 Å². The largest absolute Gasteiger partial charge is 0.395 e. The van der Waals surface area contributed by atoms with Gasteiger partial charge in [-0.1, -0.05) is 0 Å². The Labute approximate surface area is 97.4 Å². The number of rotatable bonds is 5. The van der Waals surface area contributed by atoms with E-state index >= 15 is 0 Å². The number of aliphatic hydroxyl groups excluding tert-OH is 1. The summed E-state index contributed by atoms with van der Waals surface area (Å²) < 4.78 is 0. The molecule has 5 heteroatoms. The molecule has 0 atom stereocenters. The third kappa shape index (κ3) is 4.92. The van der Waals surface area contributed by atoms with E-state index in [-0.39, 0.29) is 12.5 Å². The molecule has 0 aromatic rings. The zero-order valence-corrected chi connectivity index (χ0v) is 10.1. The van der Waals surface area contributed by atoms with Crippen molar-refractivity contribution in [2.24, 2.45) is 0 Å². The Balaban J connectivity index is 2.27. The third-order valence-corrected chi connectivity index (χ3v) is 2.84.